The smallest absolute Gasteiger partial charge is 0.414 e. The average Bonchev–Trinajstić information content (AvgIpc) is 1.98. The second-order valence-electron chi connectivity index (χ2n) is 5.59. The molecule has 0 unspecified atom stereocenters. The second-order valence-corrected chi connectivity index (χ2v) is 5.59. The summed E-state index contributed by atoms with van der Waals surface area (Å²) in [6, 6.07) is 0. The number of carbonyl (C=O) groups is 1. The molecule has 0 bridgehead atoms. The third-order valence-corrected chi connectivity index (χ3v) is 1.67. The monoisotopic (exact) mass is 229 g/mol. The minimum Gasteiger partial charge on any atom is -0.443 e. The van der Waals surface area contributed by atoms with E-state index in [2.05, 4.69) is 0 Å². The summed E-state index contributed by atoms with van der Waals surface area (Å²) in [6.07, 6.45) is 2.65. The van der Waals surface area contributed by atoms with Crippen molar-refractivity contribution in [2.24, 2.45) is 0 Å². The van der Waals surface area contributed by atoms with Crippen LogP contribution in [0.25, 0.3) is 0 Å². The van der Waals surface area contributed by atoms with E-state index in [0.717, 1.165) is 0 Å². The van der Waals surface area contributed by atoms with E-state index in [-0.39, 0.29) is 12.1 Å². The fourth-order valence-corrected chi connectivity index (χ4v) is 1.02. The van der Waals surface area contributed by atoms with Crippen LogP contribution < -0.4 is 0 Å². The normalized spacial score (nSPS) is 12.9. The zero-order valence-electron chi connectivity index (χ0n) is 11.1. The molecular formula is C12H23NO3. The van der Waals surface area contributed by atoms with Gasteiger partial charge in [-0.25, -0.2) is 4.79 Å². The van der Waals surface area contributed by atoms with E-state index >= 15 is 0 Å². The van der Waals surface area contributed by atoms with E-state index in [1.165, 1.54) is 11.0 Å². The Hall–Kier alpha value is -1.03. The van der Waals surface area contributed by atoms with E-state index in [9.17, 15) is 4.79 Å². The van der Waals surface area contributed by atoms with Crippen molar-refractivity contribution in [1.29, 1.82) is 0 Å². The van der Waals surface area contributed by atoms with Crippen molar-refractivity contribution in [3.8, 4) is 0 Å². The van der Waals surface area contributed by atoms with Crippen molar-refractivity contribution in [2.75, 3.05) is 6.61 Å². The maximum atomic E-state index is 11.9. The maximum Gasteiger partial charge on any atom is 0.414 e. The predicted octanol–water partition coefficient (Wildman–Crippen LogP) is 2.53. The summed E-state index contributed by atoms with van der Waals surface area (Å²) in [7, 11) is 0. The lowest BCUT2D eigenvalue weighted by Crippen LogP contribution is -2.44. The van der Waals surface area contributed by atoms with Gasteiger partial charge in [0, 0.05) is 11.7 Å². The minimum absolute atomic E-state index is 0.102. The Kier molecular flexibility index (Phi) is 5.00. The Labute approximate surface area is 97.9 Å². The van der Waals surface area contributed by atoms with Gasteiger partial charge in [0.25, 0.3) is 0 Å². The van der Waals surface area contributed by atoms with Gasteiger partial charge >= 0.3 is 6.09 Å². The topological polar surface area (TPSA) is 49.8 Å². The molecule has 1 N–H and O–H groups in total. The van der Waals surface area contributed by atoms with Crippen LogP contribution in [0.4, 0.5) is 4.79 Å². The van der Waals surface area contributed by atoms with Gasteiger partial charge in [-0.3, -0.25) is 4.90 Å². The lowest BCUT2D eigenvalue weighted by atomic mass is 10.1. The van der Waals surface area contributed by atoms with Crippen LogP contribution >= 0.6 is 0 Å². The number of amides is 1. The summed E-state index contributed by atoms with van der Waals surface area (Å²) in [5, 5.41) is 8.73. The SMILES string of the molecule is CC(C)(C)OC(=O)N(/C=C\CO)C(C)(C)C. The number of aliphatic hydroxyl groups is 1. The molecule has 0 aromatic heterocycles. The first-order valence-electron chi connectivity index (χ1n) is 5.38. The van der Waals surface area contributed by atoms with Crippen LogP contribution in [0.3, 0.4) is 0 Å². The zero-order chi connectivity index (χ0) is 13.0. The molecule has 0 fully saturated rings. The predicted molar refractivity (Wildman–Crippen MR) is 64.1 cm³/mol. The van der Waals surface area contributed by atoms with Crippen LogP contribution in [0.1, 0.15) is 41.5 Å². The summed E-state index contributed by atoms with van der Waals surface area (Å²) < 4.78 is 5.28. The third-order valence-electron chi connectivity index (χ3n) is 1.67. The second kappa shape index (κ2) is 5.34. The van der Waals surface area contributed by atoms with Crippen molar-refractivity contribution < 1.29 is 14.6 Å². The average molecular weight is 229 g/mol. The molecule has 4 heteroatoms. The lowest BCUT2D eigenvalue weighted by Gasteiger charge is -2.34. The molecule has 0 saturated carbocycles. The first kappa shape index (κ1) is 15.0. The third kappa shape index (κ3) is 5.75. The molecule has 0 spiro atoms. The van der Waals surface area contributed by atoms with Crippen LogP contribution in [-0.4, -0.2) is 33.8 Å². The van der Waals surface area contributed by atoms with Gasteiger partial charge in [-0.05, 0) is 47.6 Å². The number of ether oxygens (including phenoxy) is 1. The molecule has 0 aromatic rings. The quantitative estimate of drug-likeness (QED) is 0.791. The van der Waals surface area contributed by atoms with Crippen molar-refractivity contribution in [3.63, 3.8) is 0 Å². The molecule has 0 atom stereocenters. The highest BCUT2D eigenvalue weighted by Crippen LogP contribution is 2.18. The van der Waals surface area contributed by atoms with Crippen molar-refractivity contribution >= 4 is 6.09 Å². The highest BCUT2D eigenvalue weighted by molar-refractivity contribution is 5.70. The van der Waals surface area contributed by atoms with Crippen LogP contribution in [0, 0.1) is 0 Å². The number of nitrogens with zero attached hydrogens (tertiary/aromatic N) is 1. The Morgan fingerprint density at radius 3 is 2.06 bits per heavy atom. The molecule has 0 aliphatic heterocycles. The van der Waals surface area contributed by atoms with Gasteiger partial charge in [-0.1, -0.05) is 0 Å². The highest BCUT2D eigenvalue weighted by Gasteiger charge is 2.28. The summed E-state index contributed by atoms with van der Waals surface area (Å²) >= 11 is 0. The first-order chi connectivity index (χ1) is 7.08. The highest BCUT2D eigenvalue weighted by atomic mass is 16.6. The molecule has 16 heavy (non-hydrogen) atoms. The number of aliphatic hydroxyl groups excluding tert-OH is 1. The van der Waals surface area contributed by atoms with Gasteiger partial charge in [0.05, 0.1) is 6.61 Å². The number of rotatable bonds is 2. The van der Waals surface area contributed by atoms with Gasteiger partial charge in [-0.2, -0.15) is 0 Å². The summed E-state index contributed by atoms with van der Waals surface area (Å²) in [5.74, 6) is 0. The standard InChI is InChI=1S/C12H23NO3/c1-11(2,3)13(8-7-9-14)10(15)16-12(4,5)6/h7-8,14H,9H2,1-6H3/b8-7-. The molecular weight excluding hydrogens is 206 g/mol. The van der Waals surface area contributed by atoms with E-state index in [4.69, 9.17) is 9.84 Å². The van der Waals surface area contributed by atoms with Gasteiger partial charge in [0.2, 0.25) is 0 Å². The fourth-order valence-electron chi connectivity index (χ4n) is 1.02. The lowest BCUT2D eigenvalue weighted by molar-refractivity contribution is 0.0195. The van der Waals surface area contributed by atoms with E-state index in [1.807, 2.05) is 41.5 Å². The molecule has 4 nitrogen and oxygen atoms in total. The first-order valence-corrected chi connectivity index (χ1v) is 5.38. The number of hydrogen-bond acceptors (Lipinski definition) is 3. The molecule has 94 valence electrons. The zero-order valence-corrected chi connectivity index (χ0v) is 11.1. The summed E-state index contributed by atoms with van der Waals surface area (Å²) in [6.45, 7) is 11.1. The molecule has 1 amide bonds. The largest absolute Gasteiger partial charge is 0.443 e. The van der Waals surface area contributed by atoms with Gasteiger partial charge < -0.3 is 9.84 Å². The Bertz CT molecular complexity index is 258. The van der Waals surface area contributed by atoms with E-state index in [0.29, 0.717) is 0 Å². The summed E-state index contributed by atoms with van der Waals surface area (Å²) in [4.78, 5) is 13.3. The number of carbonyl (C=O) groups excluding carboxylic acids is 1. The fraction of sp³-hybridized carbons (Fsp3) is 0.750. The van der Waals surface area contributed by atoms with Crippen molar-refractivity contribution in [2.45, 2.75) is 52.7 Å². The molecule has 0 radical (unpaired) electrons. The van der Waals surface area contributed by atoms with Crippen molar-refractivity contribution in [3.05, 3.63) is 12.3 Å². The van der Waals surface area contributed by atoms with Crippen LogP contribution in [0.2, 0.25) is 0 Å². The van der Waals surface area contributed by atoms with Crippen LogP contribution in [0.15, 0.2) is 12.3 Å². The Morgan fingerprint density at radius 2 is 1.75 bits per heavy atom. The molecule has 0 rings (SSSR count). The molecule has 0 aliphatic rings. The Balaban J connectivity index is 4.78. The van der Waals surface area contributed by atoms with Gasteiger partial charge in [0.1, 0.15) is 5.60 Å². The van der Waals surface area contributed by atoms with Gasteiger partial charge in [-0.15, -0.1) is 0 Å². The molecule has 0 aromatic carbocycles. The molecule has 0 aliphatic carbocycles. The maximum absolute atomic E-state index is 11.9. The molecule has 0 heterocycles. The van der Waals surface area contributed by atoms with E-state index < -0.39 is 11.7 Å². The number of hydrogen-bond donors (Lipinski definition) is 1. The molecule has 0 saturated heterocycles. The van der Waals surface area contributed by atoms with E-state index in [1.54, 1.807) is 6.20 Å². The van der Waals surface area contributed by atoms with Gasteiger partial charge in [0.15, 0.2) is 0 Å². The van der Waals surface area contributed by atoms with Crippen molar-refractivity contribution in [1.82, 2.24) is 4.90 Å². The summed E-state index contributed by atoms with van der Waals surface area (Å²) in [5.41, 5.74) is -0.901. The minimum atomic E-state index is -0.520. The van der Waals surface area contributed by atoms with Crippen LogP contribution in [0.5, 0.6) is 0 Å². The van der Waals surface area contributed by atoms with Crippen LogP contribution in [-0.2, 0) is 4.74 Å². The Morgan fingerprint density at radius 1 is 1.25 bits per heavy atom.